The Morgan fingerprint density at radius 2 is 0.808 bits per heavy atom. The number of ether oxygens (including phenoxy) is 8. The van der Waals surface area contributed by atoms with Gasteiger partial charge in [0.2, 0.25) is 0 Å². The highest BCUT2D eigenvalue weighted by Gasteiger charge is 2.50. The number of rotatable bonds is 27. The number of halogens is 2. The summed E-state index contributed by atoms with van der Waals surface area (Å²) < 4.78 is 74.1. The maximum atomic E-state index is 12.9. The molecule has 0 bridgehead atoms. The Kier molecular flexibility index (Phi) is 50.2. The number of carboxylic acid groups (broad SMARTS) is 2. The van der Waals surface area contributed by atoms with Gasteiger partial charge < -0.3 is 97.7 Å². The summed E-state index contributed by atoms with van der Waals surface area (Å²) in [6.45, 7) is 60.2. The highest BCUT2D eigenvalue weighted by molar-refractivity contribution is 14.1. The lowest BCUT2D eigenvalue weighted by Crippen LogP contribution is -2.48. The highest BCUT2D eigenvalue weighted by Crippen LogP contribution is 2.45. The molecule has 0 spiro atoms. The molecule has 9 atom stereocenters. The first-order chi connectivity index (χ1) is 58.6. The van der Waals surface area contributed by atoms with Gasteiger partial charge in [-0.1, -0.05) is 108 Å². The topological polar surface area (TPSA) is 538 Å². The molecule has 9 unspecified atom stereocenters. The number of alkyl carbamates (subject to hydrolysis) is 3. The molecular weight excluding hydrogens is 1990 g/mol. The molecular formula is C85H148I2N10O29Si4. The molecule has 0 radical (unpaired) electrons. The Morgan fingerprint density at radius 3 is 1.11 bits per heavy atom. The van der Waals surface area contributed by atoms with Crippen LogP contribution < -0.4 is 55.4 Å². The quantitative estimate of drug-likeness (QED) is 0.0111. The number of esters is 2. The fourth-order valence-electron chi connectivity index (χ4n) is 9.99. The van der Waals surface area contributed by atoms with Crippen molar-refractivity contribution in [3.63, 3.8) is 0 Å². The van der Waals surface area contributed by atoms with Crippen molar-refractivity contribution in [3.05, 3.63) is 93.8 Å². The van der Waals surface area contributed by atoms with Crippen molar-refractivity contribution in [2.45, 2.75) is 342 Å². The van der Waals surface area contributed by atoms with Crippen LogP contribution in [0.1, 0.15) is 222 Å². The number of hydrogen-bond donors (Lipinski definition) is 11. The number of aliphatic hydroxyl groups excluding tert-OH is 2. The van der Waals surface area contributed by atoms with Crippen molar-refractivity contribution in [2.24, 2.45) is 5.73 Å². The van der Waals surface area contributed by atoms with Gasteiger partial charge in [-0.3, -0.25) is 62.2 Å². The molecule has 39 nitrogen and oxygen atoms in total. The number of aliphatic carboxylic acids is 2. The first-order valence-corrected chi connectivity index (χ1v) is 56.0. The van der Waals surface area contributed by atoms with E-state index in [2.05, 4.69) is 189 Å². The summed E-state index contributed by atoms with van der Waals surface area (Å²) in [4.78, 5) is 156. The van der Waals surface area contributed by atoms with Crippen LogP contribution in [0.2, 0.25) is 72.5 Å². The van der Waals surface area contributed by atoms with Crippen LogP contribution in [0.25, 0.3) is 0 Å². The summed E-state index contributed by atoms with van der Waals surface area (Å²) in [5.74, 6) is 4.68. The summed E-state index contributed by atoms with van der Waals surface area (Å²) in [6.07, 6.45) is 3.97. The van der Waals surface area contributed by atoms with Crippen LogP contribution in [0.4, 0.5) is 14.4 Å². The number of amides is 3. The van der Waals surface area contributed by atoms with Gasteiger partial charge in [-0.25, -0.2) is 28.8 Å². The molecule has 3 amide bonds. The summed E-state index contributed by atoms with van der Waals surface area (Å²) in [5, 5.41) is 42.0. The van der Waals surface area contributed by atoms with Crippen LogP contribution >= 0.6 is 45.2 Å². The zero-order valence-corrected chi connectivity index (χ0v) is 88.8. The van der Waals surface area contributed by atoms with Crippen LogP contribution in [0.15, 0.2) is 47.4 Å². The van der Waals surface area contributed by atoms with E-state index in [1.165, 1.54) is 26.1 Å². The average molecular weight is 2140 g/mol. The number of terminal acetylenes is 1. The Morgan fingerprint density at radius 1 is 0.492 bits per heavy atom. The zero-order chi connectivity index (χ0) is 100.0. The number of carboxylic acids is 2. The molecule has 45 heteroatoms. The van der Waals surface area contributed by atoms with Gasteiger partial charge in [-0.15, -0.1) is 6.42 Å². The van der Waals surface area contributed by atoms with E-state index in [1.807, 2.05) is 22.6 Å². The zero-order valence-electron chi connectivity index (χ0n) is 80.5. The van der Waals surface area contributed by atoms with Gasteiger partial charge in [0, 0.05) is 64.0 Å². The standard InChI is InChI=1S/C32H55N3O9Si2.C21H39IN2O5Si2.C11H17NO4.C9H11IN2O5.C8H15NO4.C3H7NO2.CH4/c1-30(2,3)43-29(39)33-17-16-26(36)40-18-14-15-22-20-35(28(38)34-27(22)37)25-19-23(44-46(12,13)32(7,8)9)24(42-25)21-41-45(10,11)31(4,5)6;1-20(2,3)30(7,8)27-13-16-15(29-31(9,10)21(4,5)6)11-17(28-16)24-12-14(22)18(25)23-19(24)26;1-5-8-15-9(13)6-7-12-10(14)16-11(2,3)4;10-4-2-12(9(16)11-8(4)15)7-1-5(14)6(3-13)17-7;1-8(2,3)13-7(12)9-5-4-6(10)11;4-2-1-3(5)6;/h20,23-25H,16-19,21H2,1-13H3,(H,33,39)(H,34,37,38);12,15-17H,11,13H2,1-10H3,(H,23,25,26);1H,6-8H2,2-4H3,(H,12,14);2,5-7,13-14H,1,3H2,(H,11,15,16);4-5H2,1-3H3,(H,9,12)(H,10,11);1-2,4H2,(H,5,6);1H4. The van der Waals surface area contributed by atoms with Gasteiger partial charge in [0.1, 0.15) is 59.4 Å². The Labute approximate surface area is 794 Å². The fourth-order valence-corrected chi connectivity index (χ4v) is 15.6. The first kappa shape index (κ1) is 123. The van der Waals surface area contributed by atoms with Gasteiger partial charge in [0.25, 0.3) is 16.7 Å². The van der Waals surface area contributed by atoms with Gasteiger partial charge in [-0.2, -0.15) is 0 Å². The molecule has 130 heavy (non-hydrogen) atoms. The predicted molar refractivity (Wildman–Crippen MR) is 518 cm³/mol. The largest absolute Gasteiger partial charge is 0.481 e. The third-order valence-corrected chi connectivity index (χ3v) is 40.6. The minimum absolute atomic E-state index is 0. The Hall–Kier alpha value is -7.22. The van der Waals surface area contributed by atoms with E-state index < -0.39 is 157 Å². The minimum atomic E-state index is -2.20. The molecule has 3 fully saturated rings. The lowest BCUT2D eigenvalue weighted by molar-refractivity contribution is -0.142. The van der Waals surface area contributed by atoms with Crippen molar-refractivity contribution in [2.75, 3.05) is 59.2 Å². The van der Waals surface area contributed by atoms with E-state index in [4.69, 9.17) is 78.3 Å². The van der Waals surface area contributed by atoms with E-state index in [0.29, 0.717) is 33.2 Å². The van der Waals surface area contributed by atoms with Crippen molar-refractivity contribution >= 4 is 121 Å². The van der Waals surface area contributed by atoms with E-state index in [-0.39, 0.29) is 135 Å². The van der Waals surface area contributed by atoms with Gasteiger partial charge in [0.15, 0.2) is 46.5 Å². The van der Waals surface area contributed by atoms with E-state index in [1.54, 1.807) is 91.1 Å². The molecule has 742 valence electrons. The molecule has 3 aromatic rings. The van der Waals surface area contributed by atoms with Crippen molar-refractivity contribution in [1.82, 2.24) is 44.6 Å². The van der Waals surface area contributed by atoms with Crippen LogP contribution in [-0.2, 0) is 74.8 Å². The van der Waals surface area contributed by atoms with E-state index in [9.17, 15) is 67.4 Å². The monoisotopic (exact) mass is 2140 g/mol. The van der Waals surface area contributed by atoms with Crippen LogP contribution in [0.5, 0.6) is 0 Å². The summed E-state index contributed by atoms with van der Waals surface area (Å²) in [6, 6.07) is 0. The molecule has 3 aromatic heterocycles. The van der Waals surface area contributed by atoms with Crippen LogP contribution in [0.3, 0.4) is 0 Å². The number of H-pyrrole nitrogens is 3. The molecule has 3 aliphatic rings. The second-order valence-electron chi connectivity index (χ2n) is 39.5. The molecule has 0 aromatic carbocycles. The maximum absolute atomic E-state index is 12.9. The van der Waals surface area contributed by atoms with Crippen molar-refractivity contribution < 1.29 is 110 Å². The third kappa shape index (κ3) is 45.2. The number of nitrogens with zero attached hydrogens (tertiary/aromatic N) is 3. The van der Waals surface area contributed by atoms with Crippen LogP contribution in [-0.4, -0.2) is 237 Å². The van der Waals surface area contributed by atoms with E-state index >= 15 is 0 Å². The number of hydrogen-bond acceptors (Lipinski definition) is 28. The molecule has 6 heterocycles. The molecule has 3 saturated heterocycles. The average Bonchev–Trinajstić information content (AvgIpc) is 1.63. The Balaban J connectivity index is 0.00000170. The normalized spacial score (nSPS) is 18.8. The fraction of sp³-hybridized carbons (Fsp3) is 0.729. The van der Waals surface area contributed by atoms with E-state index in [0.717, 1.165) is 0 Å². The summed E-state index contributed by atoms with van der Waals surface area (Å²) >= 11 is 3.73. The first-order valence-electron chi connectivity index (χ1n) is 42.2. The lowest BCUT2D eigenvalue weighted by atomic mass is 10.2. The number of nitrogens with two attached hydrogens (primary N) is 1. The number of aromatic amines is 3. The molecule has 12 N–H and O–H groups in total. The number of carbonyl (C=O) groups excluding carboxylic acids is 5. The smallest absolute Gasteiger partial charge is 0.407 e. The molecule has 0 saturated carbocycles. The maximum Gasteiger partial charge on any atom is 0.407 e. The highest BCUT2D eigenvalue weighted by atomic mass is 127. The number of aromatic nitrogens is 6. The van der Waals surface area contributed by atoms with Crippen molar-refractivity contribution in [1.29, 1.82) is 0 Å². The lowest BCUT2D eigenvalue weighted by Gasteiger charge is -2.40. The summed E-state index contributed by atoms with van der Waals surface area (Å²) in [5.41, 5.74) is -0.0510. The van der Waals surface area contributed by atoms with Crippen molar-refractivity contribution in [3.8, 4) is 24.2 Å². The van der Waals surface area contributed by atoms with Gasteiger partial charge >= 0.3 is 59.2 Å². The second-order valence-corrected chi connectivity index (χ2v) is 61.0. The molecule has 6 rings (SSSR count). The number of carbonyl (C=O) groups is 7. The Bertz CT molecular complexity index is 4650. The minimum Gasteiger partial charge on any atom is -0.481 e. The van der Waals surface area contributed by atoms with Gasteiger partial charge in [-0.05, 0) is 180 Å². The molecule has 0 aliphatic carbocycles. The molecule has 3 aliphatic heterocycles. The summed E-state index contributed by atoms with van der Waals surface area (Å²) in [7, 11) is -8.32. The SMILES string of the molecule is C.C#CCOC(=O)CCNC(=O)OC(C)(C)C.CC(C)(C)OC(=O)NCCC(=O)O.CC(C)(C)OC(=O)NCCC(=O)OCC#Cc1cn(C2CC(O[Si](C)(C)C(C)(C)C)C(CO[Si](C)(C)C(C)(C)C)O2)c(=O)[nH]c1=O.CC(C)(C)[Si](C)(C)OCC1OC(n2cc(I)c(=O)[nH]c2=O)CC1O[Si](C)(C)C(C)(C)C.NCCC(=O)O.O=c1[nH]c(=O)n(C2CC(O)C(CO)O2)cc1I. The number of aliphatic hydroxyl groups is 2. The predicted octanol–water partition coefficient (Wildman–Crippen LogP) is 10.8. The second kappa shape index (κ2) is 53.2. The number of nitrogens with one attached hydrogen (secondary N) is 6. The third-order valence-electron chi connectivity index (χ3n) is 21.0. The van der Waals surface area contributed by atoms with Gasteiger partial charge in [0.05, 0.1) is 71.0 Å². The van der Waals surface area contributed by atoms with Crippen LogP contribution in [0, 0.1) is 31.3 Å².